The lowest BCUT2D eigenvalue weighted by Crippen LogP contribution is -2.13. The maximum atomic E-state index is 2.62. The Morgan fingerprint density at radius 1 is 0.714 bits per heavy atom. The Kier molecular flexibility index (Phi) is 5.81. The van der Waals surface area contributed by atoms with E-state index in [1.54, 1.807) is 4.91 Å². The average Bonchev–Trinajstić information content (AvgIpc) is 3.52. The number of hydrogen-bond donors (Lipinski definition) is 0. The van der Waals surface area contributed by atoms with Crippen molar-refractivity contribution in [2.24, 2.45) is 35.5 Å². The number of rotatable bonds is 5. The molecule has 1 fully saturated rings. The summed E-state index contributed by atoms with van der Waals surface area (Å²) in [4.78, 5) is 1.66. The van der Waals surface area contributed by atoms with E-state index in [4.69, 9.17) is 0 Å². The fourth-order valence-electron chi connectivity index (χ4n) is 6.33. The minimum atomic E-state index is 0.667. The van der Waals surface area contributed by atoms with Gasteiger partial charge >= 0.3 is 0 Å². The zero-order valence-electron chi connectivity index (χ0n) is 17.0. The molecular formula is C27H34S. The zero-order chi connectivity index (χ0) is 18.8. The van der Waals surface area contributed by atoms with E-state index < -0.39 is 0 Å². The van der Waals surface area contributed by atoms with Gasteiger partial charge in [0, 0.05) is 5.25 Å². The summed E-state index contributed by atoms with van der Waals surface area (Å²) in [7, 11) is 0. The Labute approximate surface area is 175 Å². The molecule has 1 saturated carbocycles. The predicted octanol–water partition coefficient (Wildman–Crippen LogP) is 7.64. The van der Waals surface area contributed by atoms with Crippen LogP contribution in [-0.4, -0.2) is 5.25 Å². The molecule has 0 N–H and O–H groups in total. The van der Waals surface area contributed by atoms with Gasteiger partial charge in [0.2, 0.25) is 0 Å². The van der Waals surface area contributed by atoms with Gasteiger partial charge in [0.15, 0.2) is 0 Å². The van der Waals surface area contributed by atoms with Crippen molar-refractivity contribution >= 4 is 11.8 Å². The van der Waals surface area contributed by atoms with Gasteiger partial charge in [-0.3, -0.25) is 0 Å². The van der Waals surface area contributed by atoms with Gasteiger partial charge in [-0.25, -0.2) is 0 Å². The summed E-state index contributed by atoms with van der Waals surface area (Å²) in [5, 5.41) is 0.667. The molecule has 7 unspecified atom stereocenters. The first-order chi connectivity index (χ1) is 13.9. The first-order valence-corrected chi connectivity index (χ1v) is 12.5. The summed E-state index contributed by atoms with van der Waals surface area (Å²) in [5.74, 6) is 5.45. The van der Waals surface area contributed by atoms with Gasteiger partial charge in [0.05, 0.1) is 0 Å². The van der Waals surface area contributed by atoms with Gasteiger partial charge in [-0.05, 0) is 91.8 Å². The Morgan fingerprint density at radius 3 is 2.25 bits per heavy atom. The van der Waals surface area contributed by atoms with Gasteiger partial charge in [-0.2, -0.15) is 0 Å². The molecule has 0 spiro atoms. The molecule has 5 rings (SSSR count). The second-order valence-corrected chi connectivity index (χ2v) is 10.7. The van der Waals surface area contributed by atoms with Crippen LogP contribution in [0.2, 0.25) is 0 Å². The highest BCUT2D eigenvalue weighted by Gasteiger charge is 2.58. The lowest BCUT2D eigenvalue weighted by molar-refractivity contribution is 0.356. The van der Waals surface area contributed by atoms with Gasteiger partial charge in [-0.15, -0.1) is 11.8 Å². The summed E-state index contributed by atoms with van der Waals surface area (Å²) in [6.45, 7) is 0. The Hall–Kier alpha value is -1.21. The van der Waals surface area contributed by atoms with Crippen molar-refractivity contribution < 1.29 is 0 Å². The largest absolute Gasteiger partial charge is 0.123 e. The van der Waals surface area contributed by atoms with Crippen LogP contribution < -0.4 is 0 Å². The van der Waals surface area contributed by atoms with Crippen LogP contribution in [0, 0.1) is 35.5 Å². The van der Waals surface area contributed by atoms with E-state index in [2.05, 4.69) is 78.6 Å². The fraction of sp³-hybridized carbons (Fsp3) is 0.556. The van der Waals surface area contributed by atoms with Gasteiger partial charge in [-0.1, -0.05) is 66.8 Å². The maximum absolute atomic E-state index is 2.62. The number of hydrogen-bond acceptors (Lipinski definition) is 1. The van der Waals surface area contributed by atoms with Crippen molar-refractivity contribution in [3.8, 4) is 0 Å². The Balaban J connectivity index is 1.25. The lowest BCUT2D eigenvalue weighted by atomic mass is 9.84. The summed E-state index contributed by atoms with van der Waals surface area (Å²) >= 11 is 2.12. The minimum absolute atomic E-state index is 0.667. The van der Waals surface area contributed by atoms with Gasteiger partial charge in [0.25, 0.3) is 0 Å². The Morgan fingerprint density at radius 2 is 1.57 bits per heavy atom. The SMILES string of the molecule is C1=CCC(SC2=CCC(C3C(C4C=CC=CC4)C3C3C=CCCC3)CC2)C=C1. The zero-order valence-corrected chi connectivity index (χ0v) is 17.8. The minimum Gasteiger partial charge on any atom is -0.123 e. The monoisotopic (exact) mass is 390 g/mol. The molecule has 0 radical (unpaired) electrons. The van der Waals surface area contributed by atoms with Crippen LogP contribution in [0.15, 0.2) is 71.7 Å². The third-order valence-electron chi connectivity index (χ3n) is 7.68. The number of allylic oxidation sites excluding steroid dienone is 11. The summed E-state index contributed by atoms with van der Waals surface area (Å²) in [6.07, 6.45) is 36.9. The van der Waals surface area contributed by atoms with Crippen LogP contribution in [-0.2, 0) is 0 Å². The van der Waals surface area contributed by atoms with Crippen LogP contribution in [0.25, 0.3) is 0 Å². The molecule has 148 valence electrons. The molecular weight excluding hydrogens is 356 g/mol. The topological polar surface area (TPSA) is 0 Å². The van der Waals surface area contributed by atoms with Crippen molar-refractivity contribution in [2.75, 3.05) is 0 Å². The molecule has 0 nitrogen and oxygen atoms in total. The van der Waals surface area contributed by atoms with Crippen LogP contribution in [0.3, 0.4) is 0 Å². The van der Waals surface area contributed by atoms with E-state index in [9.17, 15) is 0 Å². The van der Waals surface area contributed by atoms with E-state index in [0.29, 0.717) is 5.25 Å². The fourth-order valence-corrected chi connectivity index (χ4v) is 7.52. The van der Waals surface area contributed by atoms with Crippen LogP contribution in [0.1, 0.15) is 51.4 Å². The molecule has 0 aromatic heterocycles. The first kappa shape index (κ1) is 18.8. The molecule has 0 saturated heterocycles. The van der Waals surface area contributed by atoms with Gasteiger partial charge in [0.1, 0.15) is 0 Å². The van der Waals surface area contributed by atoms with Crippen molar-refractivity contribution in [1.29, 1.82) is 0 Å². The van der Waals surface area contributed by atoms with Crippen molar-refractivity contribution in [3.05, 3.63) is 71.7 Å². The smallest absolute Gasteiger partial charge is 0.0308 e. The van der Waals surface area contributed by atoms with Crippen molar-refractivity contribution in [1.82, 2.24) is 0 Å². The van der Waals surface area contributed by atoms with Crippen LogP contribution >= 0.6 is 11.8 Å². The second-order valence-electron chi connectivity index (χ2n) is 9.38. The van der Waals surface area contributed by atoms with E-state index in [1.807, 2.05) is 0 Å². The second kappa shape index (κ2) is 8.66. The number of thioether (sulfide) groups is 1. The van der Waals surface area contributed by atoms with Gasteiger partial charge < -0.3 is 0 Å². The highest BCUT2D eigenvalue weighted by atomic mass is 32.2. The van der Waals surface area contributed by atoms with Crippen molar-refractivity contribution in [2.45, 2.75) is 56.6 Å². The molecule has 0 aromatic carbocycles. The third-order valence-corrected chi connectivity index (χ3v) is 9.01. The Bertz CT molecular complexity index is 725. The summed E-state index contributed by atoms with van der Waals surface area (Å²) in [5.41, 5.74) is 0. The first-order valence-electron chi connectivity index (χ1n) is 11.6. The lowest BCUT2D eigenvalue weighted by Gasteiger charge is -2.25. The van der Waals surface area contributed by atoms with E-state index >= 15 is 0 Å². The van der Waals surface area contributed by atoms with E-state index in [1.165, 1.54) is 51.4 Å². The average molecular weight is 391 g/mol. The van der Waals surface area contributed by atoms with E-state index in [-0.39, 0.29) is 0 Å². The molecule has 0 heterocycles. The molecule has 0 bridgehead atoms. The molecule has 28 heavy (non-hydrogen) atoms. The van der Waals surface area contributed by atoms with Crippen molar-refractivity contribution in [3.63, 3.8) is 0 Å². The standard InChI is InChI=1S/C27H34S/c1-4-10-20(11-5-1)25-26(21-12-6-2-7-13-21)27(25)22-16-18-24(19-17-22)28-23-14-8-3-9-15-23/h1,3-6,8-10,12,14,18,20-23,25-27H,2,7,11,13,15-17,19H2. The molecule has 5 aliphatic carbocycles. The molecule has 0 amide bonds. The molecule has 7 atom stereocenters. The van der Waals surface area contributed by atoms with E-state index in [0.717, 1.165) is 35.5 Å². The highest BCUT2D eigenvalue weighted by molar-refractivity contribution is 8.03. The van der Waals surface area contributed by atoms with Crippen LogP contribution in [0.5, 0.6) is 0 Å². The summed E-state index contributed by atoms with van der Waals surface area (Å²) < 4.78 is 0. The molecule has 5 aliphatic rings. The summed E-state index contributed by atoms with van der Waals surface area (Å²) in [6, 6.07) is 0. The normalized spacial score (nSPS) is 41.9. The quantitative estimate of drug-likeness (QED) is 0.435. The predicted molar refractivity (Wildman–Crippen MR) is 123 cm³/mol. The molecule has 1 heteroatoms. The maximum Gasteiger partial charge on any atom is 0.0308 e. The third kappa shape index (κ3) is 4.06. The highest BCUT2D eigenvalue weighted by Crippen LogP contribution is 2.63. The molecule has 0 aliphatic heterocycles. The molecule has 0 aromatic rings. The van der Waals surface area contributed by atoms with Crippen LogP contribution in [0.4, 0.5) is 0 Å².